The zero-order valence-electron chi connectivity index (χ0n) is 20.8. The van der Waals surface area contributed by atoms with Crippen LogP contribution >= 0.6 is 0 Å². The fourth-order valence-corrected chi connectivity index (χ4v) is 3.53. The SMILES string of the molecule is CC(N)C(O)c1ccc2c(c1)N(C(=O)OC(C)(C)C)Cc1cccnc1N2C(=O)OC(C)(C)C. The summed E-state index contributed by atoms with van der Waals surface area (Å²) in [5.74, 6) is 0.351. The molecule has 0 fully saturated rings. The van der Waals surface area contributed by atoms with Crippen LogP contribution in [-0.4, -0.2) is 39.5 Å². The average Bonchev–Trinajstić information content (AvgIpc) is 2.84. The van der Waals surface area contributed by atoms with Crippen molar-refractivity contribution in [2.24, 2.45) is 5.73 Å². The van der Waals surface area contributed by atoms with Crippen molar-refractivity contribution >= 4 is 29.4 Å². The number of pyridine rings is 1. The minimum atomic E-state index is -0.968. The first-order valence-electron chi connectivity index (χ1n) is 11.2. The molecule has 1 aliphatic heterocycles. The summed E-state index contributed by atoms with van der Waals surface area (Å²) < 4.78 is 11.4. The van der Waals surface area contributed by atoms with E-state index in [0.29, 0.717) is 28.3 Å². The van der Waals surface area contributed by atoms with Crippen LogP contribution in [0.3, 0.4) is 0 Å². The van der Waals surface area contributed by atoms with Crippen LogP contribution in [0, 0.1) is 0 Å². The monoisotopic (exact) mass is 470 g/mol. The molecule has 2 amide bonds. The summed E-state index contributed by atoms with van der Waals surface area (Å²) in [6.07, 6.45) is -0.625. The van der Waals surface area contributed by atoms with Crippen molar-refractivity contribution in [3.8, 4) is 0 Å². The first-order valence-corrected chi connectivity index (χ1v) is 11.2. The number of ether oxygens (including phenoxy) is 2. The first-order chi connectivity index (χ1) is 15.7. The molecule has 0 aliphatic carbocycles. The second-order valence-electron chi connectivity index (χ2n) is 10.4. The molecule has 2 atom stereocenters. The Kier molecular flexibility index (Phi) is 6.91. The summed E-state index contributed by atoms with van der Waals surface area (Å²) >= 11 is 0. The van der Waals surface area contributed by atoms with E-state index in [-0.39, 0.29) is 6.54 Å². The van der Waals surface area contributed by atoms with Crippen LogP contribution in [0.15, 0.2) is 36.5 Å². The number of anilines is 3. The van der Waals surface area contributed by atoms with Crippen molar-refractivity contribution in [1.82, 2.24) is 4.98 Å². The maximum absolute atomic E-state index is 13.4. The van der Waals surface area contributed by atoms with Crippen molar-refractivity contribution in [2.75, 3.05) is 9.80 Å². The number of carbonyl (C=O) groups excluding carboxylic acids is 2. The number of aliphatic hydroxyl groups excluding tert-OH is 1. The normalized spacial score (nSPS) is 15.6. The van der Waals surface area contributed by atoms with E-state index < -0.39 is 35.5 Å². The van der Waals surface area contributed by atoms with Crippen LogP contribution in [-0.2, 0) is 16.0 Å². The molecule has 0 saturated carbocycles. The van der Waals surface area contributed by atoms with Crippen molar-refractivity contribution in [3.63, 3.8) is 0 Å². The third-order valence-corrected chi connectivity index (χ3v) is 4.97. The topological polar surface area (TPSA) is 118 Å². The van der Waals surface area contributed by atoms with Crippen LogP contribution in [0.1, 0.15) is 65.7 Å². The first kappa shape index (κ1) is 25.5. The molecule has 2 aromatic rings. The van der Waals surface area contributed by atoms with E-state index in [1.165, 1.54) is 9.80 Å². The Bertz CT molecular complexity index is 1070. The van der Waals surface area contributed by atoms with Crippen LogP contribution < -0.4 is 15.5 Å². The molecule has 184 valence electrons. The summed E-state index contributed by atoms with van der Waals surface area (Å²) in [5, 5.41) is 10.6. The van der Waals surface area contributed by atoms with E-state index in [2.05, 4.69) is 4.98 Å². The Balaban J connectivity index is 2.25. The van der Waals surface area contributed by atoms with Gasteiger partial charge < -0.3 is 20.3 Å². The molecule has 1 aromatic carbocycles. The third kappa shape index (κ3) is 5.66. The number of amides is 2. The van der Waals surface area contributed by atoms with Gasteiger partial charge in [-0.1, -0.05) is 12.1 Å². The van der Waals surface area contributed by atoms with Gasteiger partial charge in [0.25, 0.3) is 0 Å². The lowest BCUT2D eigenvalue weighted by Gasteiger charge is -2.30. The van der Waals surface area contributed by atoms with Crippen molar-refractivity contribution in [3.05, 3.63) is 47.7 Å². The predicted molar refractivity (Wildman–Crippen MR) is 130 cm³/mol. The van der Waals surface area contributed by atoms with Crippen molar-refractivity contribution in [1.29, 1.82) is 0 Å². The number of aromatic nitrogens is 1. The Labute approximate surface area is 200 Å². The zero-order chi connectivity index (χ0) is 25.4. The molecule has 0 bridgehead atoms. The molecule has 3 N–H and O–H groups in total. The second kappa shape index (κ2) is 9.23. The van der Waals surface area contributed by atoms with E-state index in [1.54, 1.807) is 85.0 Å². The highest BCUT2D eigenvalue weighted by Gasteiger charge is 2.36. The fraction of sp³-hybridized carbons (Fsp3) is 0.480. The highest BCUT2D eigenvalue weighted by Crippen LogP contribution is 2.42. The van der Waals surface area contributed by atoms with Gasteiger partial charge in [0.15, 0.2) is 0 Å². The molecule has 34 heavy (non-hydrogen) atoms. The molecule has 0 radical (unpaired) electrons. The molecular formula is C25H34N4O5. The van der Waals surface area contributed by atoms with Crippen LogP contribution in [0.25, 0.3) is 0 Å². The van der Waals surface area contributed by atoms with Gasteiger partial charge in [0.05, 0.1) is 24.0 Å². The summed E-state index contributed by atoms with van der Waals surface area (Å²) in [6.45, 7) is 12.5. The zero-order valence-corrected chi connectivity index (χ0v) is 20.8. The number of aliphatic hydroxyl groups is 1. The van der Waals surface area contributed by atoms with Gasteiger partial charge in [0.2, 0.25) is 0 Å². The number of nitrogens with two attached hydrogens (primary N) is 1. The maximum Gasteiger partial charge on any atom is 0.420 e. The Morgan fingerprint density at radius 2 is 1.65 bits per heavy atom. The number of carbonyl (C=O) groups is 2. The van der Waals surface area contributed by atoms with Gasteiger partial charge in [-0.05, 0) is 72.2 Å². The number of hydrogen-bond acceptors (Lipinski definition) is 7. The minimum Gasteiger partial charge on any atom is -0.443 e. The van der Waals surface area contributed by atoms with Gasteiger partial charge in [-0.25, -0.2) is 19.5 Å². The van der Waals surface area contributed by atoms with Crippen molar-refractivity contribution < 1.29 is 24.2 Å². The van der Waals surface area contributed by atoms with Crippen LogP contribution in [0.2, 0.25) is 0 Å². The van der Waals surface area contributed by atoms with Gasteiger partial charge in [-0.15, -0.1) is 0 Å². The lowest BCUT2D eigenvalue weighted by Crippen LogP contribution is -2.37. The van der Waals surface area contributed by atoms with E-state index in [0.717, 1.165) is 0 Å². The predicted octanol–water partition coefficient (Wildman–Crippen LogP) is 4.79. The number of fused-ring (bicyclic) bond motifs is 2. The standard InChI is InChI=1S/C25H34N4O5/c1-15(26)20(30)16-10-11-18-19(13-16)28(22(31)33-24(2,3)4)14-17-9-8-12-27-21(17)29(18)23(32)34-25(5,6)7/h8-13,15,20,30H,14,26H2,1-7H3. The Morgan fingerprint density at radius 1 is 1.03 bits per heavy atom. The second-order valence-corrected chi connectivity index (χ2v) is 10.4. The Hall–Kier alpha value is -3.17. The fourth-order valence-electron chi connectivity index (χ4n) is 3.53. The molecule has 1 aliphatic rings. The van der Waals surface area contributed by atoms with E-state index in [1.807, 2.05) is 0 Å². The van der Waals surface area contributed by atoms with E-state index in [4.69, 9.17) is 15.2 Å². The number of hydrogen-bond donors (Lipinski definition) is 2. The van der Waals surface area contributed by atoms with Crippen LogP contribution in [0.4, 0.5) is 26.8 Å². The molecule has 9 heteroatoms. The summed E-state index contributed by atoms with van der Waals surface area (Å²) in [5.41, 5.74) is 6.30. The lowest BCUT2D eigenvalue weighted by molar-refractivity contribution is 0.0571. The lowest BCUT2D eigenvalue weighted by atomic mass is 10.0. The molecule has 3 rings (SSSR count). The highest BCUT2D eigenvalue weighted by molar-refractivity contribution is 6.04. The minimum absolute atomic E-state index is 0.0993. The molecule has 0 spiro atoms. The van der Waals surface area contributed by atoms with Gasteiger partial charge >= 0.3 is 12.2 Å². The summed E-state index contributed by atoms with van der Waals surface area (Å²) in [7, 11) is 0. The van der Waals surface area contributed by atoms with Crippen LogP contribution in [0.5, 0.6) is 0 Å². The number of rotatable bonds is 2. The summed E-state index contributed by atoms with van der Waals surface area (Å²) in [4.78, 5) is 33.9. The average molecular weight is 471 g/mol. The number of nitrogens with zero attached hydrogens (tertiary/aromatic N) is 3. The number of benzene rings is 1. The van der Waals surface area contributed by atoms with E-state index >= 15 is 0 Å². The van der Waals surface area contributed by atoms with Gasteiger partial charge in [0, 0.05) is 17.8 Å². The third-order valence-electron chi connectivity index (χ3n) is 4.97. The van der Waals surface area contributed by atoms with Gasteiger partial charge in [-0.3, -0.25) is 4.90 Å². The molecule has 9 nitrogen and oxygen atoms in total. The molecule has 0 saturated heterocycles. The van der Waals surface area contributed by atoms with Crippen molar-refractivity contribution in [2.45, 2.75) is 78.4 Å². The highest BCUT2D eigenvalue weighted by atomic mass is 16.6. The maximum atomic E-state index is 13.4. The molecule has 1 aromatic heterocycles. The molecule has 2 unspecified atom stereocenters. The molecular weight excluding hydrogens is 436 g/mol. The molecule has 2 heterocycles. The quantitative estimate of drug-likeness (QED) is 0.648. The van der Waals surface area contributed by atoms with Gasteiger partial charge in [0.1, 0.15) is 17.0 Å². The van der Waals surface area contributed by atoms with E-state index in [9.17, 15) is 14.7 Å². The largest absolute Gasteiger partial charge is 0.443 e. The Morgan fingerprint density at radius 3 is 2.24 bits per heavy atom. The smallest absolute Gasteiger partial charge is 0.420 e. The summed E-state index contributed by atoms with van der Waals surface area (Å²) in [6, 6.07) is 7.96. The van der Waals surface area contributed by atoms with Gasteiger partial charge in [-0.2, -0.15) is 0 Å².